The van der Waals surface area contributed by atoms with Crippen molar-refractivity contribution in [2.75, 3.05) is 18.1 Å². The number of hydrogen-bond acceptors (Lipinski definition) is 2. The van der Waals surface area contributed by atoms with Gasteiger partial charge in [-0.1, -0.05) is 6.92 Å². The molecule has 1 saturated carbocycles. The van der Waals surface area contributed by atoms with Crippen LogP contribution < -0.4 is 5.32 Å². The van der Waals surface area contributed by atoms with E-state index < -0.39 is 0 Å². The van der Waals surface area contributed by atoms with Gasteiger partial charge in [-0.2, -0.15) is 11.8 Å². The topological polar surface area (TPSA) is 12.0 Å². The Kier molecular flexibility index (Phi) is 3.73. The summed E-state index contributed by atoms with van der Waals surface area (Å²) in [6, 6.07) is 0. The molecule has 0 aromatic heterocycles. The second kappa shape index (κ2) is 4.36. The molecule has 1 aliphatic rings. The second-order valence-electron chi connectivity index (χ2n) is 3.54. The van der Waals surface area contributed by atoms with Gasteiger partial charge in [0, 0.05) is 5.54 Å². The Labute approximate surface area is 74.3 Å². The molecule has 1 nitrogen and oxygen atoms in total. The van der Waals surface area contributed by atoms with Crippen LogP contribution in [-0.4, -0.2) is 23.6 Å². The predicted molar refractivity (Wildman–Crippen MR) is 53.3 cm³/mol. The molecule has 1 rings (SSSR count). The van der Waals surface area contributed by atoms with E-state index in [1.54, 1.807) is 0 Å². The molecule has 1 N–H and O–H groups in total. The van der Waals surface area contributed by atoms with Crippen LogP contribution in [0, 0.1) is 0 Å². The summed E-state index contributed by atoms with van der Waals surface area (Å²) < 4.78 is 0. The Hall–Kier alpha value is 0.310. The van der Waals surface area contributed by atoms with E-state index in [1.807, 2.05) is 11.8 Å². The summed E-state index contributed by atoms with van der Waals surface area (Å²) in [6.07, 6.45) is 4.09. The Balaban J connectivity index is 1.81. The van der Waals surface area contributed by atoms with Crippen molar-refractivity contribution >= 4 is 11.8 Å². The Morgan fingerprint density at radius 3 is 2.73 bits per heavy atom. The maximum Gasteiger partial charge on any atom is 0.0154 e. The summed E-state index contributed by atoms with van der Waals surface area (Å²) >= 11 is 2.04. The Bertz CT molecular complexity index is 110. The molecule has 0 spiro atoms. The highest BCUT2D eigenvalue weighted by Crippen LogP contribution is 2.33. The van der Waals surface area contributed by atoms with Crippen molar-refractivity contribution in [2.45, 2.75) is 38.6 Å². The molecular weight excluding hydrogens is 154 g/mol. The van der Waals surface area contributed by atoms with E-state index >= 15 is 0 Å². The second-order valence-corrected chi connectivity index (χ2v) is 4.93. The summed E-state index contributed by atoms with van der Waals surface area (Å²) in [5, 5.41) is 3.58. The fourth-order valence-corrected chi connectivity index (χ4v) is 1.71. The van der Waals surface area contributed by atoms with Crippen molar-refractivity contribution in [3.05, 3.63) is 0 Å². The summed E-state index contributed by atoms with van der Waals surface area (Å²) in [6.45, 7) is 5.75. The van der Waals surface area contributed by atoms with Crippen LogP contribution in [0.1, 0.15) is 33.1 Å². The fraction of sp³-hybridized carbons (Fsp3) is 1.00. The monoisotopic (exact) mass is 173 g/mol. The van der Waals surface area contributed by atoms with Gasteiger partial charge in [0.15, 0.2) is 0 Å². The van der Waals surface area contributed by atoms with Crippen LogP contribution in [-0.2, 0) is 0 Å². The molecule has 0 amide bonds. The molecule has 0 aromatic rings. The number of nitrogens with one attached hydrogen (secondary N) is 1. The van der Waals surface area contributed by atoms with Crippen LogP contribution in [0.25, 0.3) is 0 Å². The molecule has 0 heterocycles. The Morgan fingerprint density at radius 1 is 1.45 bits per heavy atom. The van der Waals surface area contributed by atoms with Crippen LogP contribution in [0.5, 0.6) is 0 Å². The van der Waals surface area contributed by atoms with Gasteiger partial charge in [0.05, 0.1) is 0 Å². The standard InChI is InChI=1S/C9H19NS/c1-3-11-8-4-7-10-9(2)5-6-9/h10H,3-8H2,1-2H3. The first-order chi connectivity index (χ1) is 5.27. The van der Waals surface area contributed by atoms with E-state index in [0.717, 1.165) is 0 Å². The summed E-state index contributed by atoms with van der Waals surface area (Å²) in [7, 11) is 0. The van der Waals surface area contributed by atoms with Gasteiger partial charge >= 0.3 is 0 Å². The fourth-order valence-electron chi connectivity index (χ4n) is 1.07. The number of thioether (sulfide) groups is 1. The van der Waals surface area contributed by atoms with E-state index in [9.17, 15) is 0 Å². The maximum absolute atomic E-state index is 3.58. The first kappa shape index (κ1) is 9.40. The predicted octanol–water partition coefficient (Wildman–Crippen LogP) is 2.27. The quantitative estimate of drug-likeness (QED) is 0.618. The molecule has 0 aliphatic heterocycles. The van der Waals surface area contributed by atoms with Crippen LogP contribution in [0.4, 0.5) is 0 Å². The summed E-state index contributed by atoms with van der Waals surface area (Å²) in [5.74, 6) is 2.58. The van der Waals surface area contributed by atoms with Crippen molar-refractivity contribution in [2.24, 2.45) is 0 Å². The van der Waals surface area contributed by atoms with E-state index in [2.05, 4.69) is 19.2 Å². The van der Waals surface area contributed by atoms with E-state index in [0.29, 0.717) is 5.54 Å². The molecule has 0 aromatic carbocycles. The smallest absolute Gasteiger partial charge is 0.0154 e. The lowest BCUT2D eigenvalue weighted by Gasteiger charge is -2.09. The van der Waals surface area contributed by atoms with E-state index in [4.69, 9.17) is 0 Å². The maximum atomic E-state index is 3.58. The minimum atomic E-state index is 0.539. The van der Waals surface area contributed by atoms with Gasteiger partial charge in [-0.05, 0) is 44.2 Å². The first-order valence-corrected chi connectivity index (χ1v) is 5.75. The zero-order valence-corrected chi connectivity index (χ0v) is 8.47. The third-order valence-corrected chi connectivity index (χ3v) is 3.21. The summed E-state index contributed by atoms with van der Waals surface area (Å²) in [4.78, 5) is 0. The van der Waals surface area contributed by atoms with Crippen molar-refractivity contribution in [3.8, 4) is 0 Å². The molecule has 66 valence electrons. The highest BCUT2D eigenvalue weighted by atomic mass is 32.2. The number of hydrogen-bond donors (Lipinski definition) is 1. The van der Waals surface area contributed by atoms with Crippen LogP contribution in [0.15, 0.2) is 0 Å². The normalized spacial score (nSPS) is 20.2. The molecule has 11 heavy (non-hydrogen) atoms. The van der Waals surface area contributed by atoms with Gasteiger partial charge in [0.1, 0.15) is 0 Å². The van der Waals surface area contributed by atoms with Crippen molar-refractivity contribution in [1.29, 1.82) is 0 Å². The van der Waals surface area contributed by atoms with Crippen molar-refractivity contribution < 1.29 is 0 Å². The first-order valence-electron chi connectivity index (χ1n) is 4.60. The zero-order chi connectivity index (χ0) is 8.16. The number of rotatable bonds is 6. The van der Waals surface area contributed by atoms with Crippen LogP contribution >= 0.6 is 11.8 Å². The molecule has 2 heteroatoms. The average Bonchev–Trinajstić information content (AvgIpc) is 2.69. The molecule has 1 fully saturated rings. The van der Waals surface area contributed by atoms with Gasteiger partial charge in [-0.3, -0.25) is 0 Å². The molecule has 0 unspecified atom stereocenters. The third-order valence-electron chi connectivity index (χ3n) is 2.22. The van der Waals surface area contributed by atoms with Crippen LogP contribution in [0.3, 0.4) is 0 Å². The minimum Gasteiger partial charge on any atom is -0.311 e. The molecule has 0 bridgehead atoms. The summed E-state index contributed by atoms with van der Waals surface area (Å²) in [5.41, 5.74) is 0.539. The highest BCUT2D eigenvalue weighted by Gasteiger charge is 2.35. The van der Waals surface area contributed by atoms with Crippen molar-refractivity contribution in [3.63, 3.8) is 0 Å². The van der Waals surface area contributed by atoms with E-state index in [-0.39, 0.29) is 0 Å². The highest BCUT2D eigenvalue weighted by molar-refractivity contribution is 7.99. The molecular formula is C9H19NS. The van der Waals surface area contributed by atoms with Gasteiger partial charge in [0.2, 0.25) is 0 Å². The largest absolute Gasteiger partial charge is 0.311 e. The lowest BCUT2D eigenvalue weighted by atomic mass is 10.3. The van der Waals surface area contributed by atoms with Crippen molar-refractivity contribution in [1.82, 2.24) is 5.32 Å². The lowest BCUT2D eigenvalue weighted by molar-refractivity contribution is 0.537. The molecule has 1 aliphatic carbocycles. The van der Waals surface area contributed by atoms with Gasteiger partial charge in [0.25, 0.3) is 0 Å². The third kappa shape index (κ3) is 4.02. The minimum absolute atomic E-state index is 0.539. The SMILES string of the molecule is CCSCCCNC1(C)CC1. The van der Waals surface area contributed by atoms with E-state index in [1.165, 1.54) is 37.3 Å². The van der Waals surface area contributed by atoms with Gasteiger partial charge in [-0.15, -0.1) is 0 Å². The van der Waals surface area contributed by atoms with Gasteiger partial charge in [-0.25, -0.2) is 0 Å². The average molecular weight is 173 g/mol. The zero-order valence-electron chi connectivity index (χ0n) is 7.65. The van der Waals surface area contributed by atoms with Crippen LogP contribution in [0.2, 0.25) is 0 Å². The molecule has 0 radical (unpaired) electrons. The molecule has 0 saturated heterocycles. The van der Waals surface area contributed by atoms with Gasteiger partial charge < -0.3 is 5.32 Å². The Morgan fingerprint density at radius 2 is 2.18 bits per heavy atom. The lowest BCUT2D eigenvalue weighted by Crippen LogP contribution is -2.28. The molecule has 0 atom stereocenters.